The fourth-order valence-corrected chi connectivity index (χ4v) is 2.41. The third-order valence-corrected chi connectivity index (χ3v) is 3.67. The second-order valence-corrected chi connectivity index (χ2v) is 5.03. The topological polar surface area (TPSA) is 36.1 Å². The number of amides is 1. The van der Waals surface area contributed by atoms with E-state index in [1.165, 1.54) is 12.8 Å². The van der Waals surface area contributed by atoms with Gasteiger partial charge < -0.3 is 9.88 Å². The molecule has 0 radical (unpaired) electrons. The summed E-state index contributed by atoms with van der Waals surface area (Å²) >= 11 is 0. The first-order chi connectivity index (χ1) is 8.79. The number of carbonyl (C=O) groups is 1. The van der Waals surface area contributed by atoms with Crippen LogP contribution >= 0.6 is 0 Å². The molecule has 1 aliphatic carbocycles. The number of aromatic amines is 1. The molecule has 0 aliphatic heterocycles. The van der Waals surface area contributed by atoms with Crippen molar-refractivity contribution in [3.05, 3.63) is 36.0 Å². The monoisotopic (exact) mass is 242 g/mol. The first-order valence-electron chi connectivity index (χ1n) is 6.65. The van der Waals surface area contributed by atoms with Gasteiger partial charge in [-0.05, 0) is 43.9 Å². The van der Waals surface area contributed by atoms with Gasteiger partial charge in [-0.2, -0.15) is 0 Å². The molecule has 1 aromatic carbocycles. The van der Waals surface area contributed by atoms with Crippen molar-refractivity contribution in [1.82, 2.24) is 9.88 Å². The van der Waals surface area contributed by atoms with Crippen LogP contribution < -0.4 is 0 Å². The van der Waals surface area contributed by atoms with E-state index in [1.54, 1.807) is 0 Å². The Morgan fingerprint density at radius 3 is 2.94 bits per heavy atom. The molecule has 1 fully saturated rings. The zero-order valence-electron chi connectivity index (χ0n) is 10.6. The number of fused-ring (bicyclic) bond motifs is 1. The first kappa shape index (κ1) is 11.3. The summed E-state index contributed by atoms with van der Waals surface area (Å²) in [5.74, 6) is 0.897. The van der Waals surface area contributed by atoms with Crippen molar-refractivity contribution in [3.8, 4) is 0 Å². The molecule has 1 aliphatic rings. The van der Waals surface area contributed by atoms with Crippen LogP contribution in [-0.2, 0) is 0 Å². The van der Waals surface area contributed by atoms with E-state index in [2.05, 4.69) is 11.9 Å². The lowest BCUT2D eigenvalue weighted by Crippen LogP contribution is -2.32. The van der Waals surface area contributed by atoms with Gasteiger partial charge in [0.05, 0.1) is 0 Å². The molecule has 0 atom stereocenters. The average molecular weight is 242 g/mol. The molecule has 3 heteroatoms. The van der Waals surface area contributed by atoms with E-state index < -0.39 is 0 Å². The van der Waals surface area contributed by atoms with Gasteiger partial charge >= 0.3 is 0 Å². The Kier molecular flexibility index (Phi) is 2.82. The molecule has 3 nitrogen and oxygen atoms in total. The van der Waals surface area contributed by atoms with E-state index in [9.17, 15) is 4.79 Å². The molecule has 1 amide bonds. The Hall–Kier alpha value is -1.77. The van der Waals surface area contributed by atoms with Crippen molar-refractivity contribution >= 4 is 16.8 Å². The van der Waals surface area contributed by atoms with Crippen molar-refractivity contribution in [2.75, 3.05) is 13.1 Å². The van der Waals surface area contributed by atoms with E-state index in [1.807, 2.05) is 35.4 Å². The second kappa shape index (κ2) is 4.48. The number of nitrogens with zero attached hydrogens (tertiary/aromatic N) is 1. The fraction of sp³-hybridized carbons (Fsp3) is 0.400. The van der Waals surface area contributed by atoms with Crippen LogP contribution in [0.5, 0.6) is 0 Å². The van der Waals surface area contributed by atoms with E-state index in [4.69, 9.17) is 0 Å². The Balaban J connectivity index is 1.91. The smallest absolute Gasteiger partial charge is 0.254 e. The molecular weight excluding hydrogens is 224 g/mol. The van der Waals surface area contributed by atoms with Crippen LogP contribution in [-0.4, -0.2) is 28.9 Å². The van der Waals surface area contributed by atoms with Crippen LogP contribution in [0.1, 0.15) is 30.1 Å². The summed E-state index contributed by atoms with van der Waals surface area (Å²) in [6, 6.07) is 7.85. The Morgan fingerprint density at radius 1 is 1.39 bits per heavy atom. The normalized spacial score (nSPS) is 14.9. The number of rotatable bonds is 4. The minimum atomic E-state index is 0.162. The summed E-state index contributed by atoms with van der Waals surface area (Å²) < 4.78 is 0. The quantitative estimate of drug-likeness (QED) is 0.879. The zero-order chi connectivity index (χ0) is 12.5. The van der Waals surface area contributed by atoms with Gasteiger partial charge in [-0.15, -0.1) is 0 Å². The van der Waals surface area contributed by atoms with Crippen LogP contribution in [0.25, 0.3) is 10.9 Å². The highest BCUT2D eigenvalue weighted by Crippen LogP contribution is 2.30. The number of carbonyl (C=O) groups excluding carboxylic acids is 1. The van der Waals surface area contributed by atoms with Gasteiger partial charge in [0.25, 0.3) is 5.91 Å². The summed E-state index contributed by atoms with van der Waals surface area (Å²) in [7, 11) is 0. The van der Waals surface area contributed by atoms with Crippen LogP contribution in [0, 0.1) is 5.92 Å². The fourth-order valence-electron chi connectivity index (χ4n) is 2.41. The molecule has 3 rings (SSSR count). The summed E-state index contributed by atoms with van der Waals surface area (Å²) in [6.45, 7) is 3.75. The Labute approximate surface area is 107 Å². The van der Waals surface area contributed by atoms with Gasteiger partial charge in [0.1, 0.15) is 0 Å². The summed E-state index contributed by atoms with van der Waals surface area (Å²) in [4.78, 5) is 17.7. The van der Waals surface area contributed by atoms with Gasteiger partial charge in [-0.25, -0.2) is 0 Å². The van der Waals surface area contributed by atoms with Gasteiger partial charge in [0.2, 0.25) is 0 Å². The van der Waals surface area contributed by atoms with Crippen molar-refractivity contribution < 1.29 is 4.79 Å². The molecule has 1 heterocycles. The average Bonchev–Trinajstić information content (AvgIpc) is 3.08. The first-order valence-corrected chi connectivity index (χ1v) is 6.65. The zero-order valence-corrected chi connectivity index (χ0v) is 10.6. The third kappa shape index (κ3) is 2.01. The van der Waals surface area contributed by atoms with Crippen molar-refractivity contribution in [3.63, 3.8) is 0 Å². The summed E-state index contributed by atoms with van der Waals surface area (Å²) in [5, 5.41) is 1.02. The minimum Gasteiger partial charge on any atom is -0.361 e. The van der Waals surface area contributed by atoms with E-state index in [-0.39, 0.29) is 5.91 Å². The molecule has 2 aromatic rings. The van der Waals surface area contributed by atoms with Crippen LogP contribution in [0.15, 0.2) is 30.5 Å². The van der Waals surface area contributed by atoms with E-state index >= 15 is 0 Å². The number of H-pyrrole nitrogens is 1. The second-order valence-electron chi connectivity index (χ2n) is 5.03. The molecule has 1 saturated carbocycles. The lowest BCUT2D eigenvalue weighted by atomic mass is 10.1. The Bertz CT molecular complexity index is 569. The minimum absolute atomic E-state index is 0.162. The number of hydrogen-bond acceptors (Lipinski definition) is 1. The maximum absolute atomic E-state index is 12.6. The molecule has 18 heavy (non-hydrogen) atoms. The van der Waals surface area contributed by atoms with Crippen LogP contribution in [0.2, 0.25) is 0 Å². The lowest BCUT2D eigenvalue weighted by molar-refractivity contribution is 0.0759. The number of hydrogen-bond donors (Lipinski definition) is 1. The molecule has 0 saturated heterocycles. The molecule has 1 aromatic heterocycles. The Morgan fingerprint density at radius 2 is 2.22 bits per heavy atom. The van der Waals surface area contributed by atoms with Gasteiger partial charge in [0, 0.05) is 35.8 Å². The highest BCUT2D eigenvalue weighted by molar-refractivity contribution is 6.06. The maximum atomic E-state index is 12.6. The standard InChI is InChI=1S/C15H18N2O/c1-2-17(10-11-6-7-11)15(18)13-4-3-5-14-12(13)8-9-16-14/h3-5,8-9,11,16H,2,6-7,10H2,1H3. The SMILES string of the molecule is CCN(CC1CC1)C(=O)c1cccc2[nH]ccc12. The van der Waals surface area contributed by atoms with Gasteiger partial charge in [-0.1, -0.05) is 6.07 Å². The molecule has 1 N–H and O–H groups in total. The maximum Gasteiger partial charge on any atom is 0.254 e. The van der Waals surface area contributed by atoms with Crippen molar-refractivity contribution in [1.29, 1.82) is 0 Å². The molecule has 0 unspecified atom stereocenters. The number of benzene rings is 1. The van der Waals surface area contributed by atoms with E-state index in [0.717, 1.165) is 35.5 Å². The largest absolute Gasteiger partial charge is 0.361 e. The summed E-state index contributed by atoms with van der Waals surface area (Å²) in [6.07, 6.45) is 4.44. The van der Waals surface area contributed by atoms with E-state index in [0.29, 0.717) is 0 Å². The van der Waals surface area contributed by atoms with Crippen molar-refractivity contribution in [2.45, 2.75) is 19.8 Å². The molecular formula is C15H18N2O. The molecule has 0 spiro atoms. The van der Waals surface area contributed by atoms with Crippen LogP contribution in [0.4, 0.5) is 0 Å². The van der Waals surface area contributed by atoms with Crippen molar-refractivity contribution in [2.24, 2.45) is 5.92 Å². The highest BCUT2D eigenvalue weighted by Gasteiger charge is 2.27. The predicted octanol–water partition coefficient (Wildman–Crippen LogP) is 3.04. The van der Waals surface area contributed by atoms with Crippen LogP contribution in [0.3, 0.4) is 0 Å². The predicted molar refractivity (Wildman–Crippen MR) is 72.6 cm³/mol. The third-order valence-electron chi connectivity index (χ3n) is 3.67. The molecule has 94 valence electrons. The number of aromatic nitrogens is 1. The van der Waals surface area contributed by atoms with Gasteiger partial charge in [0.15, 0.2) is 0 Å². The summed E-state index contributed by atoms with van der Waals surface area (Å²) in [5.41, 5.74) is 1.85. The molecule has 0 bridgehead atoms. The number of nitrogens with one attached hydrogen (secondary N) is 1. The highest BCUT2D eigenvalue weighted by atomic mass is 16.2. The lowest BCUT2D eigenvalue weighted by Gasteiger charge is -2.21. The van der Waals surface area contributed by atoms with Gasteiger partial charge in [-0.3, -0.25) is 4.79 Å².